The maximum Gasteiger partial charge on any atom is 0.419 e. The van der Waals surface area contributed by atoms with E-state index in [0.29, 0.717) is 25.3 Å². The normalized spacial score (nSPS) is 18.5. The van der Waals surface area contributed by atoms with Crippen LogP contribution in [0.4, 0.5) is 17.6 Å². The van der Waals surface area contributed by atoms with Crippen LogP contribution < -0.4 is 10.6 Å². The van der Waals surface area contributed by atoms with E-state index >= 15 is 0 Å². The Hall–Kier alpha value is -3.18. The minimum Gasteiger partial charge on any atom is -0.505 e. The smallest absolute Gasteiger partial charge is 0.419 e. The van der Waals surface area contributed by atoms with Gasteiger partial charge in [0.15, 0.2) is 5.78 Å². The molecule has 11 heteroatoms. The molecule has 2 aliphatic rings. The van der Waals surface area contributed by atoms with Gasteiger partial charge in [-0.15, -0.1) is 0 Å². The lowest BCUT2D eigenvalue weighted by Crippen LogP contribution is -2.36. The third kappa shape index (κ3) is 5.00. The van der Waals surface area contributed by atoms with Crippen molar-refractivity contribution < 1.29 is 32.3 Å². The number of ketones is 1. The molecule has 0 atom stereocenters. The van der Waals surface area contributed by atoms with Gasteiger partial charge in [0, 0.05) is 38.1 Å². The number of hydrogen-bond donors (Lipinski definition) is 3. The van der Waals surface area contributed by atoms with Crippen molar-refractivity contribution in [3.8, 4) is 0 Å². The Kier molecular flexibility index (Phi) is 6.70. The summed E-state index contributed by atoms with van der Waals surface area (Å²) in [5.74, 6) is -2.90. The molecular formula is C21H22F4N4O3. The van der Waals surface area contributed by atoms with Crippen molar-refractivity contribution >= 4 is 11.7 Å². The SMILES string of the molecule is C=C1C(C(=O)NCc2ccc(F)c(C(F)(F)F)c2)=CN2CCNCN(C)CC(=O)C2=C1O. The number of fused-ring (bicyclic) bond motifs is 1. The van der Waals surface area contributed by atoms with E-state index in [1.165, 1.54) is 11.1 Å². The first-order chi connectivity index (χ1) is 15.0. The zero-order chi connectivity index (χ0) is 23.6. The van der Waals surface area contributed by atoms with E-state index in [-0.39, 0.29) is 47.8 Å². The molecule has 0 radical (unpaired) electrons. The van der Waals surface area contributed by atoms with Gasteiger partial charge in [-0.3, -0.25) is 14.5 Å². The van der Waals surface area contributed by atoms with E-state index in [4.69, 9.17) is 0 Å². The molecule has 1 fully saturated rings. The minimum atomic E-state index is -4.86. The fourth-order valence-corrected chi connectivity index (χ4v) is 3.39. The zero-order valence-electron chi connectivity index (χ0n) is 17.2. The van der Waals surface area contributed by atoms with Crippen molar-refractivity contribution in [3.63, 3.8) is 0 Å². The highest BCUT2D eigenvalue weighted by Gasteiger charge is 2.35. The van der Waals surface area contributed by atoms with Crippen LogP contribution in [0.5, 0.6) is 0 Å². The number of halogens is 4. The summed E-state index contributed by atoms with van der Waals surface area (Å²) in [5, 5.41) is 16.2. The number of amides is 1. The van der Waals surface area contributed by atoms with Crippen LogP contribution in [-0.2, 0) is 22.3 Å². The second kappa shape index (κ2) is 9.13. The Bertz CT molecular complexity index is 1020. The van der Waals surface area contributed by atoms with Crippen LogP contribution in [-0.4, -0.2) is 59.9 Å². The second-order valence-corrected chi connectivity index (χ2v) is 7.50. The van der Waals surface area contributed by atoms with Crippen LogP contribution in [0.15, 0.2) is 53.6 Å². The number of benzene rings is 1. The third-order valence-electron chi connectivity index (χ3n) is 5.03. The van der Waals surface area contributed by atoms with Crippen molar-refractivity contribution in [2.24, 2.45) is 0 Å². The van der Waals surface area contributed by atoms with E-state index in [1.807, 2.05) is 0 Å². The maximum atomic E-state index is 13.5. The predicted molar refractivity (Wildman–Crippen MR) is 107 cm³/mol. The van der Waals surface area contributed by atoms with Gasteiger partial charge >= 0.3 is 6.18 Å². The fourth-order valence-electron chi connectivity index (χ4n) is 3.39. The van der Waals surface area contributed by atoms with E-state index in [0.717, 1.165) is 6.07 Å². The molecule has 0 spiro atoms. The topological polar surface area (TPSA) is 84.9 Å². The van der Waals surface area contributed by atoms with E-state index in [1.54, 1.807) is 11.9 Å². The first kappa shape index (κ1) is 23.5. The average molecular weight is 454 g/mol. The van der Waals surface area contributed by atoms with Crippen molar-refractivity contribution in [1.82, 2.24) is 20.4 Å². The number of alkyl halides is 3. The zero-order valence-corrected chi connectivity index (χ0v) is 17.2. The highest BCUT2D eigenvalue weighted by molar-refractivity contribution is 6.03. The summed E-state index contributed by atoms with van der Waals surface area (Å²) in [5.41, 5.74) is -1.48. The minimum absolute atomic E-state index is 0.0236. The van der Waals surface area contributed by atoms with E-state index < -0.39 is 29.2 Å². The average Bonchev–Trinajstić information content (AvgIpc) is 2.77. The van der Waals surface area contributed by atoms with Gasteiger partial charge in [0.1, 0.15) is 17.3 Å². The van der Waals surface area contributed by atoms with Crippen LogP contribution in [0.25, 0.3) is 0 Å². The molecule has 172 valence electrons. The number of carbonyl (C=O) groups is 2. The fraction of sp³-hybridized carbons (Fsp3) is 0.333. The van der Waals surface area contributed by atoms with Crippen LogP contribution in [0.1, 0.15) is 11.1 Å². The Morgan fingerprint density at radius 3 is 2.75 bits per heavy atom. The number of hydrogen-bond acceptors (Lipinski definition) is 6. The summed E-state index contributed by atoms with van der Waals surface area (Å²) in [6, 6.07) is 2.44. The number of aliphatic hydroxyl groups excluding tert-OH is 1. The van der Waals surface area contributed by atoms with Crippen molar-refractivity contribution in [2.75, 3.05) is 33.4 Å². The Morgan fingerprint density at radius 2 is 2.06 bits per heavy atom. The second-order valence-electron chi connectivity index (χ2n) is 7.50. The lowest BCUT2D eigenvalue weighted by atomic mass is 9.98. The van der Waals surface area contributed by atoms with Gasteiger partial charge in [0.25, 0.3) is 5.91 Å². The van der Waals surface area contributed by atoms with Crippen LogP contribution >= 0.6 is 0 Å². The van der Waals surface area contributed by atoms with Gasteiger partial charge in [-0.1, -0.05) is 12.6 Å². The summed E-state index contributed by atoms with van der Waals surface area (Å²) >= 11 is 0. The molecule has 3 N–H and O–H groups in total. The van der Waals surface area contributed by atoms with Gasteiger partial charge in [0.2, 0.25) is 0 Å². The Morgan fingerprint density at radius 1 is 1.34 bits per heavy atom. The summed E-state index contributed by atoms with van der Waals surface area (Å²) in [4.78, 5) is 28.5. The summed E-state index contributed by atoms with van der Waals surface area (Å²) < 4.78 is 52.1. The molecule has 2 aliphatic heterocycles. The Labute approximate surface area is 181 Å². The first-order valence-electron chi connectivity index (χ1n) is 9.66. The molecular weight excluding hydrogens is 432 g/mol. The highest BCUT2D eigenvalue weighted by atomic mass is 19.4. The number of likely N-dealkylation sites (N-methyl/N-ethyl adjacent to an activating group) is 1. The predicted octanol–water partition coefficient (Wildman–Crippen LogP) is 2.05. The molecule has 32 heavy (non-hydrogen) atoms. The van der Waals surface area contributed by atoms with Crippen LogP contribution in [0.3, 0.4) is 0 Å². The highest BCUT2D eigenvalue weighted by Crippen LogP contribution is 2.32. The summed E-state index contributed by atoms with van der Waals surface area (Å²) in [6.45, 7) is 4.63. The molecule has 7 nitrogen and oxygen atoms in total. The Balaban J connectivity index is 1.79. The van der Waals surface area contributed by atoms with Gasteiger partial charge < -0.3 is 20.6 Å². The quantitative estimate of drug-likeness (QED) is 0.607. The van der Waals surface area contributed by atoms with E-state index in [9.17, 15) is 32.3 Å². The number of aliphatic hydroxyl groups is 1. The number of rotatable bonds is 3. The molecule has 1 aromatic carbocycles. The standard InChI is InChI=1S/C21H22F4N4O3/c1-12-14(9-29-6-5-26-11-28(2)10-17(30)18(29)19(12)31)20(32)27-8-13-3-4-16(22)15(7-13)21(23,24)25/h3-4,7,9,26,31H,1,5-6,8,10-11H2,2H3,(H,27,32). The molecule has 0 aromatic heterocycles. The molecule has 1 aromatic rings. The third-order valence-corrected chi connectivity index (χ3v) is 5.03. The molecule has 1 saturated heterocycles. The van der Waals surface area contributed by atoms with Crippen LogP contribution in [0, 0.1) is 5.82 Å². The molecule has 1 amide bonds. The molecule has 0 saturated carbocycles. The lowest BCUT2D eigenvalue weighted by molar-refractivity contribution is -0.140. The summed E-state index contributed by atoms with van der Waals surface area (Å²) in [6.07, 6.45) is -3.49. The van der Waals surface area contributed by atoms with Gasteiger partial charge in [-0.2, -0.15) is 13.2 Å². The van der Waals surface area contributed by atoms with Gasteiger partial charge in [-0.05, 0) is 24.7 Å². The molecule has 0 aliphatic carbocycles. The van der Waals surface area contributed by atoms with Crippen molar-refractivity contribution in [3.05, 3.63) is 70.5 Å². The molecule has 0 unspecified atom stereocenters. The number of carbonyl (C=O) groups excluding carboxylic acids is 2. The largest absolute Gasteiger partial charge is 0.505 e. The molecule has 3 rings (SSSR count). The van der Waals surface area contributed by atoms with E-state index in [2.05, 4.69) is 17.2 Å². The van der Waals surface area contributed by atoms with Crippen LogP contribution in [0.2, 0.25) is 0 Å². The first-order valence-corrected chi connectivity index (χ1v) is 9.66. The maximum absolute atomic E-state index is 13.5. The van der Waals surface area contributed by atoms with Crippen molar-refractivity contribution in [1.29, 1.82) is 0 Å². The summed E-state index contributed by atoms with van der Waals surface area (Å²) in [7, 11) is 1.74. The lowest BCUT2D eigenvalue weighted by Gasteiger charge is -2.29. The molecule has 0 bridgehead atoms. The van der Waals surface area contributed by atoms with Gasteiger partial charge in [-0.25, -0.2) is 4.39 Å². The molecule has 2 heterocycles. The number of nitrogens with one attached hydrogen (secondary N) is 2. The monoisotopic (exact) mass is 454 g/mol. The van der Waals surface area contributed by atoms with Crippen molar-refractivity contribution in [2.45, 2.75) is 12.7 Å². The van der Waals surface area contributed by atoms with Gasteiger partial charge in [0.05, 0.1) is 17.7 Å². The number of allylic oxidation sites excluding steroid dienone is 1. The number of Topliss-reactive ketones (excluding diaryl/α,β-unsaturated/α-hetero) is 1. The number of nitrogens with zero attached hydrogens (tertiary/aromatic N) is 2.